The second kappa shape index (κ2) is 8.03. The van der Waals surface area contributed by atoms with Crippen LogP contribution < -0.4 is 4.57 Å². The summed E-state index contributed by atoms with van der Waals surface area (Å²) in [5, 5.41) is 0. The topological polar surface area (TPSA) is 24.2 Å². The third-order valence-electron chi connectivity index (χ3n) is 6.00. The molecule has 2 aromatic rings. The molecule has 0 saturated carbocycles. The molecule has 1 aromatic heterocycles. The zero-order valence-corrected chi connectivity index (χ0v) is 15.6. The number of rotatable bonds is 4. The minimum absolute atomic E-state index is 0.268. The second-order valence-electron chi connectivity index (χ2n) is 7.89. The first-order chi connectivity index (χ1) is 12.8. The number of likely N-dealkylation sites (tertiary alicyclic amines) is 1. The number of aromatic nitrogens is 1. The average Bonchev–Trinajstić information content (AvgIpc) is 2.69. The van der Waals surface area contributed by atoms with Gasteiger partial charge in [-0.1, -0.05) is 30.3 Å². The van der Waals surface area contributed by atoms with Gasteiger partial charge in [0.05, 0.1) is 0 Å². The number of carbonyl (C=O) groups is 1. The minimum Gasteiger partial charge on any atom is -0.337 e. The lowest BCUT2D eigenvalue weighted by Gasteiger charge is -2.31. The van der Waals surface area contributed by atoms with E-state index in [9.17, 15) is 4.79 Å². The summed E-state index contributed by atoms with van der Waals surface area (Å²) >= 11 is 0. The molecule has 3 nitrogen and oxygen atoms in total. The number of carbonyl (C=O) groups excluding carboxylic acids is 1. The normalized spacial score (nSPS) is 17.8. The van der Waals surface area contributed by atoms with E-state index in [2.05, 4.69) is 58.3 Å². The molecule has 0 unspecified atom stereocenters. The Labute approximate surface area is 156 Å². The molecule has 1 aromatic carbocycles. The predicted molar refractivity (Wildman–Crippen MR) is 103 cm³/mol. The van der Waals surface area contributed by atoms with Crippen LogP contribution in [-0.4, -0.2) is 23.9 Å². The van der Waals surface area contributed by atoms with Crippen LogP contribution in [0.5, 0.6) is 0 Å². The zero-order chi connectivity index (χ0) is 17.8. The van der Waals surface area contributed by atoms with E-state index >= 15 is 0 Å². The van der Waals surface area contributed by atoms with Gasteiger partial charge >= 0.3 is 0 Å². The molecule has 1 aliphatic heterocycles. The highest BCUT2D eigenvalue weighted by Gasteiger charge is 2.25. The number of aryl methyl sites for hydroxylation is 2. The first-order valence-corrected chi connectivity index (χ1v) is 10.1. The predicted octanol–water partition coefficient (Wildman–Crippen LogP) is 3.33. The van der Waals surface area contributed by atoms with Gasteiger partial charge in [0.2, 0.25) is 6.54 Å². The molecule has 0 spiro atoms. The van der Waals surface area contributed by atoms with Gasteiger partial charge in [0.15, 0.2) is 12.4 Å². The fourth-order valence-electron chi connectivity index (χ4n) is 4.41. The Kier molecular flexibility index (Phi) is 5.33. The van der Waals surface area contributed by atoms with Crippen molar-refractivity contribution in [1.82, 2.24) is 4.90 Å². The van der Waals surface area contributed by atoms with Crippen molar-refractivity contribution >= 4 is 5.91 Å². The highest BCUT2D eigenvalue weighted by molar-refractivity contribution is 5.74. The Bertz CT molecular complexity index is 748. The van der Waals surface area contributed by atoms with Crippen molar-refractivity contribution in [3.8, 4) is 0 Å². The summed E-state index contributed by atoms with van der Waals surface area (Å²) in [7, 11) is 0. The fraction of sp³-hybridized carbons (Fsp3) is 0.478. The average molecular weight is 349 g/mol. The van der Waals surface area contributed by atoms with Crippen molar-refractivity contribution in [2.24, 2.45) is 5.92 Å². The SMILES string of the molecule is O=C(C[n+]1ccc2c(c1)CCCC2)N1CCC(Cc2ccccc2)CC1. The van der Waals surface area contributed by atoms with Crippen molar-refractivity contribution in [2.75, 3.05) is 13.1 Å². The van der Waals surface area contributed by atoms with Crippen molar-refractivity contribution < 1.29 is 9.36 Å². The smallest absolute Gasteiger partial charge is 0.288 e. The van der Waals surface area contributed by atoms with Crippen LogP contribution in [-0.2, 0) is 30.6 Å². The minimum atomic E-state index is 0.268. The van der Waals surface area contributed by atoms with Crippen molar-refractivity contribution in [2.45, 2.75) is 51.5 Å². The first kappa shape index (κ1) is 17.3. The monoisotopic (exact) mass is 349 g/mol. The number of amides is 1. The summed E-state index contributed by atoms with van der Waals surface area (Å²) in [6, 6.07) is 12.9. The Hall–Kier alpha value is -2.16. The van der Waals surface area contributed by atoms with Gasteiger partial charge in [0.1, 0.15) is 0 Å². The molecule has 0 atom stereocenters. The van der Waals surface area contributed by atoms with Crippen LogP contribution in [0.4, 0.5) is 0 Å². The van der Waals surface area contributed by atoms with Gasteiger partial charge in [-0.15, -0.1) is 0 Å². The third kappa shape index (κ3) is 4.14. The lowest BCUT2D eigenvalue weighted by Crippen LogP contribution is -2.47. The third-order valence-corrected chi connectivity index (χ3v) is 6.00. The van der Waals surface area contributed by atoms with E-state index in [-0.39, 0.29) is 5.91 Å². The number of nitrogens with zero attached hydrogens (tertiary/aromatic N) is 2. The number of benzene rings is 1. The molecule has 1 amide bonds. The Morgan fingerprint density at radius 3 is 2.50 bits per heavy atom. The Morgan fingerprint density at radius 2 is 1.73 bits per heavy atom. The fourth-order valence-corrected chi connectivity index (χ4v) is 4.41. The quantitative estimate of drug-likeness (QED) is 0.777. The van der Waals surface area contributed by atoms with Crippen molar-refractivity contribution in [3.63, 3.8) is 0 Å². The van der Waals surface area contributed by atoms with Gasteiger partial charge in [-0.2, -0.15) is 4.57 Å². The molecule has 2 heterocycles. The van der Waals surface area contributed by atoms with Crippen LogP contribution >= 0.6 is 0 Å². The highest BCUT2D eigenvalue weighted by atomic mass is 16.2. The summed E-state index contributed by atoms with van der Waals surface area (Å²) < 4.78 is 2.09. The Morgan fingerprint density at radius 1 is 1.00 bits per heavy atom. The van der Waals surface area contributed by atoms with Crippen LogP contribution in [0.15, 0.2) is 48.8 Å². The molecule has 1 saturated heterocycles. The molecular formula is C23H29N2O+. The van der Waals surface area contributed by atoms with E-state index < -0.39 is 0 Å². The maximum atomic E-state index is 12.7. The molecule has 4 rings (SSSR count). The van der Waals surface area contributed by atoms with Gasteiger partial charge in [0.25, 0.3) is 5.91 Å². The molecule has 1 fully saturated rings. The van der Waals surface area contributed by atoms with Crippen LogP contribution in [0.25, 0.3) is 0 Å². The second-order valence-corrected chi connectivity index (χ2v) is 7.89. The zero-order valence-electron chi connectivity index (χ0n) is 15.6. The summed E-state index contributed by atoms with van der Waals surface area (Å²) in [4.78, 5) is 14.8. The largest absolute Gasteiger partial charge is 0.337 e. The van der Waals surface area contributed by atoms with E-state index in [1.165, 1.54) is 36.0 Å². The van der Waals surface area contributed by atoms with Crippen LogP contribution in [0.2, 0.25) is 0 Å². The maximum Gasteiger partial charge on any atom is 0.288 e. The molecule has 3 heteroatoms. The molecule has 136 valence electrons. The van der Waals surface area contributed by atoms with E-state index in [0.29, 0.717) is 12.5 Å². The highest BCUT2D eigenvalue weighted by Crippen LogP contribution is 2.22. The van der Waals surface area contributed by atoms with E-state index in [4.69, 9.17) is 0 Å². The van der Waals surface area contributed by atoms with E-state index in [1.54, 1.807) is 0 Å². The molecule has 1 aliphatic carbocycles. The molecule has 0 N–H and O–H groups in total. The summed E-state index contributed by atoms with van der Waals surface area (Å²) in [5.41, 5.74) is 4.33. The summed E-state index contributed by atoms with van der Waals surface area (Å²) in [6.45, 7) is 2.29. The van der Waals surface area contributed by atoms with Gasteiger partial charge in [-0.25, -0.2) is 0 Å². The van der Waals surface area contributed by atoms with Crippen LogP contribution in [0.1, 0.15) is 42.4 Å². The van der Waals surface area contributed by atoms with Crippen LogP contribution in [0.3, 0.4) is 0 Å². The standard InChI is InChI=1S/C23H29N2O/c26-23(18-24-13-12-21-8-4-5-9-22(21)17-24)25-14-10-20(11-15-25)16-19-6-2-1-3-7-19/h1-3,6-7,12-13,17,20H,4-5,8-11,14-16,18H2/q+1. The first-order valence-electron chi connectivity index (χ1n) is 10.1. The summed E-state index contributed by atoms with van der Waals surface area (Å²) in [6.07, 6.45) is 12.6. The van der Waals surface area contributed by atoms with E-state index in [0.717, 1.165) is 38.8 Å². The van der Waals surface area contributed by atoms with Crippen LogP contribution in [0, 0.1) is 5.92 Å². The lowest BCUT2D eigenvalue weighted by atomic mass is 9.90. The number of pyridine rings is 1. The van der Waals surface area contributed by atoms with Gasteiger partial charge in [-0.3, -0.25) is 4.79 Å². The molecule has 0 radical (unpaired) electrons. The van der Waals surface area contributed by atoms with Gasteiger partial charge in [0, 0.05) is 24.7 Å². The van der Waals surface area contributed by atoms with Crippen molar-refractivity contribution in [1.29, 1.82) is 0 Å². The van der Waals surface area contributed by atoms with Crippen molar-refractivity contribution in [3.05, 3.63) is 65.5 Å². The molecular weight excluding hydrogens is 320 g/mol. The summed E-state index contributed by atoms with van der Waals surface area (Å²) in [5.74, 6) is 0.974. The number of hydrogen-bond donors (Lipinski definition) is 0. The molecule has 26 heavy (non-hydrogen) atoms. The lowest BCUT2D eigenvalue weighted by molar-refractivity contribution is -0.685. The van der Waals surface area contributed by atoms with E-state index in [1.807, 2.05) is 0 Å². The van der Waals surface area contributed by atoms with Gasteiger partial charge in [-0.05, 0) is 62.0 Å². The van der Waals surface area contributed by atoms with Gasteiger partial charge < -0.3 is 4.90 Å². The number of hydrogen-bond acceptors (Lipinski definition) is 1. The number of fused-ring (bicyclic) bond motifs is 1. The molecule has 0 bridgehead atoms. The number of piperidine rings is 1. The Balaban J connectivity index is 1.30. The molecule has 2 aliphatic rings. The maximum absolute atomic E-state index is 12.7.